The van der Waals surface area contributed by atoms with Gasteiger partial charge in [0.2, 0.25) is 0 Å². The van der Waals surface area contributed by atoms with E-state index < -0.39 is 5.92 Å². The number of ether oxygens (including phenoxy) is 1. The Labute approximate surface area is 195 Å². The Kier molecular flexibility index (Phi) is 5.51. The van der Waals surface area contributed by atoms with Crippen LogP contribution in [0.4, 0.5) is 5.69 Å². The Hall–Kier alpha value is -3.24. The van der Waals surface area contributed by atoms with E-state index in [1.165, 1.54) is 7.11 Å². The molecule has 164 valence electrons. The van der Waals surface area contributed by atoms with Crippen molar-refractivity contribution in [1.82, 2.24) is 0 Å². The number of methoxy groups -OCH3 is 1. The highest BCUT2D eigenvalue weighted by molar-refractivity contribution is 9.10. The molecule has 0 amide bonds. The van der Waals surface area contributed by atoms with Gasteiger partial charge in [-0.1, -0.05) is 35.8 Å². The fraction of sp³-hybridized carbons (Fsp3) is 0.280. The van der Waals surface area contributed by atoms with Gasteiger partial charge in [-0.3, -0.25) is 9.69 Å². The molecule has 2 aliphatic rings. The average molecular weight is 494 g/mol. The third-order valence-electron chi connectivity index (χ3n) is 6.00. The molecule has 0 unspecified atom stereocenters. The second kappa shape index (κ2) is 8.03. The smallest absolute Gasteiger partial charge is 0.162 e. The van der Waals surface area contributed by atoms with Gasteiger partial charge in [0.15, 0.2) is 17.3 Å². The van der Waals surface area contributed by atoms with E-state index in [0.29, 0.717) is 35.5 Å². The van der Waals surface area contributed by atoms with E-state index in [0.717, 1.165) is 15.9 Å². The molecule has 0 saturated carbocycles. The predicted octanol–water partition coefficient (Wildman–Crippen LogP) is 5.10. The summed E-state index contributed by atoms with van der Waals surface area (Å²) in [6.07, 6.45) is 0.999. The highest BCUT2D eigenvalue weighted by Crippen LogP contribution is 2.50. The number of anilines is 1. The summed E-state index contributed by atoms with van der Waals surface area (Å²) in [5, 5.41) is 20.5. The van der Waals surface area contributed by atoms with Gasteiger partial charge in [0.25, 0.3) is 0 Å². The van der Waals surface area contributed by atoms with Crippen LogP contribution in [0.2, 0.25) is 0 Å². The molecule has 1 atom stereocenters. The van der Waals surface area contributed by atoms with E-state index in [4.69, 9.17) is 10.5 Å². The molecule has 1 heterocycles. The number of phenolic OH excluding ortho intramolecular Hbond substituents is 1. The molecule has 1 aliphatic carbocycles. The van der Waals surface area contributed by atoms with Gasteiger partial charge in [-0.25, -0.2) is 0 Å². The Morgan fingerprint density at radius 3 is 2.50 bits per heavy atom. The molecule has 32 heavy (non-hydrogen) atoms. The number of hydrogen-bond acceptors (Lipinski definition) is 6. The van der Waals surface area contributed by atoms with Crippen LogP contribution in [0.25, 0.3) is 0 Å². The van der Waals surface area contributed by atoms with E-state index in [2.05, 4.69) is 35.8 Å². The molecule has 7 heteroatoms. The first kappa shape index (κ1) is 22.0. The molecule has 0 saturated heterocycles. The summed E-state index contributed by atoms with van der Waals surface area (Å²) in [5.74, 6) is -0.107. The lowest BCUT2D eigenvalue weighted by atomic mass is 9.68. The van der Waals surface area contributed by atoms with Crippen LogP contribution in [-0.4, -0.2) is 18.0 Å². The molecule has 3 N–H and O–H groups in total. The first-order valence-electron chi connectivity index (χ1n) is 10.3. The average Bonchev–Trinajstić information content (AvgIpc) is 2.73. The number of phenols is 1. The van der Waals surface area contributed by atoms with E-state index in [1.807, 2.05) is 29.2 Å². The van der Waals surface area contributed by atoms with Gasteiger partial charge < -0.3 is 15.6 Å². The van der Waals surface area contributed by atoms with Crippen molar-refractivity contribution in [2.24, 2.45) is 11.1 Å². The topological polar surface area (TPSA) is 99.6 Å². The molecule has 0 spiro atoms. The number of allylic oxidation sites excluding steroid dienone is 3. The van der Waals surface area contributed by atoms with Gasteiger partial charge in [0.05, 0.1) is 24.7 Å². The number of rotatable bonds is 3. The van der Waals surface area contributed by atoms with Gasteiger partial charge >= 0.3 is 0 Å². The number of nitrogens with zero attached hydrogens (tertiary/aromatic N) is 2. The highest BCUT2D eigenvalue weighted by Gasteiger charge is 2.44. The van der Waals surface area contributed by atoms with Crippen molar-refractivity contribution in [2.75, 3.05) is 12.0 Å². The monoisotopic (exact) mass is 493 g/mol. The largest absolute Gasteiger partial charge is 0.504 e. The van der Waals surface area contributed by atoms with E-state index in [-0.39, 0.29) is 22.5 Å². The number of Topliss-reactive ketones (excluding diaryl/α,β-unsaturated/α-hetero) is 1. The molecular formula is C25H24BrN3O3. The van der Waals surface area contributed by atoms with Crippen molar-refractivity contribution < 1.29 is 14.6 Å². The van der Waals surface area contributed by atoms with Crippen molar-refractivity contribution in [1.29, 1.82) is 5.26 Å². The van der Waals surface area contributed by atoms with Crippen molar-refractivity contribution >= 4 is 27.4 Å². The standard InChI is InChI=1S/C25H24BrN3O3/c1-25(2)11-18-23(20(31)12-25)22(14-4-9-21(32-3)19(30)10-14)17(13-27)24(28)29(18)16-7-5-15(26)6-8-16/h4-10,22,30H,11-12,28H2,1-3H3/t22-/m0/s1. The van der Waals surface area contributed by atoms with Crippen LogP contribution in [0.15, 0.2) is 69.6 Å². The first-order chi connectivity index (χ1) is 15.2. The minimum atomic E-state index is -0.651. The summed E-state index contributed by atoms with van der Waals surface area (Å²) < 4.78 is 6.08. The fourth-order valence-corrected chi connectivity index (χ4v) is 4.88. The van der Waals surface area contributed by atoms with E-state index in [1.54, 1.807) is 18.2 Å². The van der Waals surface area contributed by atoms with E-state index >= 15 is 0 Å². The van der Waals surface area contributed by atoms with Gasteiger partial charge in [-0.05, 0) is 53.8 Å². The molecule has 6 nitrogen and oxygen atoms in total. The Morgan fingerprint density at radius 2 is 1.91 bits per heavy atom. The van der Waals surface area contributed by atoms with Gasteiger partial charge in [-0.15, -0.1) is 0 Å². The number of halogens is 1. The SMILES string of the molecule is COc1ccc([C@H]2C(C#N)=C(N)N(c3ccc(Br)cc3)C3=C2C(=O)CC(C)(C)C3)cc1O. The van der Waals surface area contributed by atoms with Crippen molar-refractivity contribution in [3.05, 3.63) is 75.2 Å². The molecule has 4 rings (SSSR count). The Morgan fingerprint density at radius 1 is 1.22 bits per heavy atom. The lowest BCUT2D eigenvalue weighted by Gasteiger charge is -2.43. The zero-order valence-electron chi connectivity index (χ0n) is 18.1. The van der Waals surface area contributed by atoms with Crippen molar-refractivity contribution in [3.8, 4) is 17.6 Å². The summed E-state index contributed by atoms with van der Waals surface area (Å²) >= 11 is 3.45. The zero-order chi connectivity index (χ0) is 23.2. The molecule has 1 aliphatic heterocycles. The van der Waals surface area contributed by atoms with Gasteiger partial charge in [0.1, 0.15) is 5.82 Å². The first-order valence-corrected chi connectivity index (χ1v) is 11.0. The van der Waals surface area contributed by atoms with Crippen LogP contribution in [-0.2, 0) is 4.79 Å². The minimum absolute atomic E-state index is 0.0149. The van der Waals surface area contributed by atoms with Gasteiger partial charge in [0, 0.05) is 27.9 Å². The Bertz CT molecular complexity index is 1210. The number of hydrogen-bond donors (Lipinski definition) is 2. The molecule has 0 radical (unpaired) electrons. The lowest BCUT2D eigenvalue weighted by molar-refractivity contribution is -0.118. The second-order valence-electron chi connectivity index (χ2n) is 8.89. The fourth-order valence-electron chi connectivity index (χ4n) is 4.61. The lowest BCUT2D eigenvalue weighted by Crippen LogP contribution is -2.42. The minimum Gasteiger partial charge on any atom is -0.504 e. The number of carbonyl (C=O) groups excluding carboxylic acids is 1. The van der Waals surface area contributed by atoms with Crippen molar-refractivity contribution in [2.45, 2.75) is 32.6 Å². The van der Waals surface area contributed by atoms with Crippen LogP contribution in [0.5, 0.6) is 11.5 Å². The number of carbonyl (C=O) groups is 1. The van der Waals surface area contributed by atoms with Crippen LogP contribution in [0.3, 0.4) is 0 Å². The second-order valence-corrected chi connectivity index (χ2v) is 9.80. The molecule has 2 aromatic rings. The maximum Gasteiger partial charge on any atom is 0.162 e. The summed E-state index contributed by atoms with van der Waals surface area (Å²) in [5.41, 5.74) is 9.40. The number of nitriles is 1. The third kappa shape index (κ3) is 3.65. The van der Waals surface area contributed by atoms with Crippen LogP contribution in [0, 0.1) is 16.7 Å². The summed E-state index contributed by atoms with van der Waals surface area (Å²) in [6, 6.07) is 14.8. The number of nitrogens with two attached hydrogens (primary N) is 1. The van der Waals surface area contributed by atoms with Crippen LogP contribution >= 0.6 is 15.9 Å². The van der Waals surface area contributed by atoms with Crippen LogP contribution in [0.1, 0.15) is 38.2 Å². The van der Waals surface area contributed by atoms with Gasteiger partial charge in [-0.2, -0.15) is 5.26 Å². The predicted molar refractivity (Wildman–Crippen MR) is 126 cm³/mol. The van der Waals surface area contributed by atoms with Crippen molar-refractivity contribution in [3.63, 3.8) is 0 Å². The normalized spacial score (nSPS) is 20.2. The maximum atomic E-state index is 13.5. The molecule has 2 aromatic carbocycles. The molecular weight excluding hydrogens is 470 g/mol. The zero-order valence-corrected chi connectivity index (χ0v) is 19.7. The molecule has 0 bridgehead atoms. The van der Waals surface area contributed by atoms with Crippen LogP contribution < -0.4 is 15.4 Å². The number of aromatic hydroxyl groups is 1. The maximum absolute atomic E-state index is 13.5. The summed E-state index contributed by atoms with van der Waals surface area (Å²) in [4.78, 5) is 15.3. The third-order valence-corrected chi connectivity index (χ3v) is 6.53. The number of benzene rings is 2. The summed E-state index contributed by atoms with van der Waals surface area (Å²) in [6.45, 7) is 4.12. The highest BCUT2D eigenvalue weighted by atomic mass is 79.9. The molecule has 0 fully saturated rings. The quantitative estimate of drug-likeness (QED) is 0.616. The van der Waals surface area contributed by atoms with E-state index in [9.17, 15) is 15.2 Å². The Balaban J connectivity index is 1.98. The summed E-state index contributed by atoms with van der Waals surface area (Å²) in [7, 11) is 1.47. The molecule has 0 aromatic heterocycles. The number of ketones is 1.